The van der Waals surface area contributed by atoms with Gasteiger partial charge >= 0.3 is 0 Å². The summed E-state index contributed by atoms with van der Waals surface area (Å²) in [6.07, 6.45) is 26.1. The van der Waals surface area contributed by atoms with E-state index in [1.165, 1.54) is 79.9 Å². The van der Waals surface area contributed by atoms with Crippen LogP contribution in [0.2, 0.25) is 0 Å². The van der Waals surface area contributed by atoms with Gasteiger partial charge in [-0.05, 0) is 92.5 Å². The van der Waals surface area contributed by atoms with Crippen LogP contribution in [-0.4, -0.2) is 17.2 Å². The molecule has 1 fully saturated rings. The predicted molar refractivity (Wildman–Crippen MR) is 156 cm³/mol. The predicted octanol–water partition coefficient (Wildman–Crippen LogP) is 8.90. The molecule has 3 aliphatic carbocycles. The van der Waals surface area contributed by atoms with Crippen LogP contribution < -0.4 is 4.90 Å². The molecule has 4 atom stereocenters. The fourth-order valence-electron chi connectivity index (χ4n) is 7.64. The molecule has 4 aliphatic rings. The van der Waals surface area contributed by atoms with E-state index in [9.17, 15) is 0 Å². The first-order valence-corrected chi connectivity index (χ1v) is 14.8. The topological polar surface area (TPSA) is 8.17 Å². The molecule has 0 spiro atoms. The number of para-hydroxylation sites is 1. The summed E-state index contributed by atoms with van der Waals surface area (Å²) < 4.78 is 2.51. The van der Waals surface area contributed by atoms with Gasteiger partial charge in [0.05, 0.1) is 6.04 Å². The number of anilines is 1. The summed E-state index contributed by atoms with van der Waals surface area (Å²) in [5, 5.41) is 1.50. The van der Waals surface area contributed by atoms with Gasteiger partial charge < -0.3 is 9.47 Å². The third kappa shape index (κ3) is 4.29. The number of nitrogens with zero attached hydrogens (tertiary/aromatic N) is 2. The van der Waals surface area contributed by atoms with Gasteiger partial charge in [0.1, 0.15) is 0 Å². The summed E-state index contributed by atoms with van der Waals surface area (Å²) >= 11 is 0. The molecule has 2 nitrogen and oxygen atoms in total. The fraction of sp³-hybridized carbons (Fsp3) is 0.429. The van der Waals surface area contributed by atoms with Gasteiger partial charge in [0, 0.05) is 41.8 Å². The van der Waals surface area contributed by atoms with Crippen LogP contribution in [0, 0.1) is 5.92 Å². The molecule has 0 saturated heterocycles. The Morgan fingerprint density at radius 2 is 1.76 bits per heavy atom. The van der Waals surface area contributed by atoms with Crippen LogP contribution in [0.4, 0.5) is 5.69 Å². The van der Waals surface area contributed by atoms with Gasteiger partial charge in [0.15, 0.2) is 0 Å². The second kappa shape index (κ2) is 10.0. The van der Waals surface area contributed by atoms with Crippen LogP contribution in [0.1, 0.15) is 80.8 Å². The molecule has 0 radical (unpaired) electrons. The van der Waals surface area contributed by atoms with Gasteiger partial charge in [-0.15, -0.1) is 0 Å². The lowest BCUT2D eigenvalue weighted by atomic mass is 9.67. The van der Waals surface area contributed by atoms with Crippen LogP contribution in [0.3, 0.4) is 0 Å². The van der Waals surface area contributed by atoms with Crippen molar-refractivity contribution in [1.82, 2.24) is 4.57 Å². The van der Waals surface area contributed by atoms with Crippen molar-refractivity contribution in [3.8, 4) is 0 Å². The zero-order valence-corrected chi connectivity index (χ0v) is 22.1. The number of allylic oxidation sites excluding steroid dienone is 4. The average molecular weight is 489 g/mol. The molecule has 0 bridgehead atoms. The maximum Gasteiger partial charge on any atom is 0.0580 e. The number of fused-ring (bicyclic) bond motifs is 4. The molecule has 0 amide bonds. The van der Waals surface area contributed by atoms with E-state index in [4.69, 9.17) is 0 Å². The molecule has 190 valence electrons. The van der Waals surface area contributed by atoms with Crippen molar-refractivity contribution < 1.29 is 0 Å². The summed E-state index contributed by atoms with van der Waals surface area (Å²) in [7, 11) is 0. The van der Waals surface area contributed by atoms with E-state index < -0.39 is 0 Å². The van der Waals surface area contributed by atoms with Crippen LogP contribution >= 0.6 is 0 Å². The van der Waals surface area contributed by atoms with Crippen molar-refractivity contribution >= 4 is 16.6 Å². The van der Waals surface area contributed by atoms with E-state index in [1.807, 2.05) is 0 Å². The highest BCUT2D eigenvalue weighted by Crippen LogP contribution is 2.48. The van der Waals surface area contributed by atoms with Gasteiger partial charge in [0.25, 0.3) is 0 Å². The first kappa shape index (κ1) is 23.1. The lowest BCUT2D eigenvalue weighted by Crippen LogP contribution is -2.34. The second-order valence-corrected chi connectivity index (χ2v) is 11.8. The van der Waals surface area contributed by atoms with Gasteiger partial charge in [0.2, 0.25) is 0 Å². The molecule has 2 aromatic carbocycles. The number of hydrogen-bond donors (Lipinski definition) is 0. The van der Waals surface area contributed by atoms with E-state index >= 15 is 0 Å². The van der Waals surface area contributed by atoms with E-state index in [2.05, 4.69) is 94.6 Å². The molecule has 2 heteroatoms. The van der Waals surface area contributed by atoms with Crippen LogP contribution in [0.15, 0.2) is 90.7 Å². The smallest absolute Gasteiger partial charge is 0.0580 e. The van der Waals surface area contributed by atoms with Crippen LogP contribution in [-0.2, 0) is 6.54 Å². The third-order valence-corrected chi connectivity index (χ3v) is 9.72. The highest BCUT2D eigenvalue weighted by Gasteiger charge is 2.37. The first-order valence-electron chi connectivity index (χ1n) is 14.8. The monoisotopic (exact) mass is 488 g/mol. The van der Waals surface area contributed by atoms with Crippen molar-refractivity contribution in [3.05, 3.63) is 102 Å². The highest BCUT2D eigenvalue weighted by molar-refractivity contribution is 5.84. The lowest BCUT2D eigenvalue weighted by molar-refractivity contribution is 0.236. The zero-order chi connectivity index (χ0) is 24.6. The van der Waals surface area contributed by atoms with Gasteiger partial charge in [-0.25, -0.2) is 0 Å². The SMILES string of the molecule is C1=CC2c3ccccc3N(CCCC3CCC3c3cccc4c3ccn4CC3=CCCCCC3)C2C=C1. The fourth-order valence-corrected chi connectivity index (χ4v) is 7.64. The zero-order valence-electron chi connectivity index (χ0n) is 22.1. The Labute approximate surface area is 222 Å². The minimum atomic E-state index is 0.497. The molecule has 1 aromatic heterocycles. The summed E-state index contributed by atoms with van der Waals surface area (Å²) in [6.45, 7) is 2.24. The normalized spacial score (nSPS) is 26.5. The molecule has 2 heterocycles. The summed E-state index contributed by atoms with van der Waals surface area (Å²) in [5.74, 6) is 2.08. The molecule has 37 heavy (non-hydrogen) atoms. The third-order valence-electron chi connectivity index (χ3n) is 9.72. The largest absolute Gasteiger partial charge is 0.364 e. The molecule has 0 N–H and O–H groups in total. The Morgan fingerprint density at radius 3 is 2.70 bits per heavy atom. The van der Waals surface area contributed by atoms with Gasteiger partial charge in [-0.3, -0.25) is 0 Å². The maximum absolute atomic E-state index is 2.68. The van der Waals surface area contributed by atoms with Crippen molar-refractivity contribution in [1.29, 1.82) is 0 Å². The molecular formula is C35H40N2. The maximum atomic E-state index is 2.68. The van der Waals surface area contributed by atoms with E-state index in [0.29, 0.717) is 12.0 Å². The Morgan fingerprint density at radius 1 is 0.838 bits per heavy atom. The van der Waals surface area contributed by atoms with E-state index in [0.717, 1.165) is 24.9 Å². The van der Waals surface area contributed by atoms with Gasteiger partial charge in [-0.2, -0.15) is 0 Å². The quantitative estimate of drug-likeness (QED) is 0.301. The summed E-state index contributed by atoms with van der Waals surface area (Å²) in [5.41, 5.74) is 7.63. The second-order valence-electron chi connectivity index (χ2n) is 11.8. The minimum Gasteiger partial charge on any atom is -0.364 e. The molecule has 3 aromatic rings. The summed E-state index contributed by atoms with van der Waals surface area (Å²) in [6, 6.07) is 19.1. The Balaban J connectivity index is 1.03. The highest BCUT2D eigenvalue weighted by atomic mass is 15.2. The lowest BCUT2D eigenvalue weighted by Gasteiger charge is -2.38. The Hall–Kier alpha value is -3.00. The summed E-state index contributed by atoms with van der Waals surface area (Å²) in [4.78, 5) is 2.68. The van der Waals surface area contributed by atoms with Crippen LogP contribution in [0.25, 0.3) is 10.9 Å². The molecule has 7 rings (SSSR count). The van der Waals surface area contributed by atoms with Crippen molar-refractivity contribution in [3.63, 3.8) is 0 Å². The number of rotatable bonds is 7. The van der Waals surface area contributed by atoms with E-state index in [1.54, 1.807) is 11.1 Å². The Kier molecular flexibility index (Phi) is 6.28. The van der Waals surface area contributed by atoms with Gasteiger partial charge in [-0.1, -0.05) is 72.7 Å². The van der Waals surface area contributed by atoms with Crippen molar-refractivity contribution in [2.45, 2.75) is 82.2 Å². The molecule has 1 aliphatic heterocycles. The number of hydrogen-bond acceptors (Lipinski definition) is 1. The minimum absolute atomic E-state index is 0.497. The number of aromatic nitrogens is 1. The van der Waals surface area contributed by atoms with Crippen LogP contribution in [0.5, 0.6) is 0 Å². The Bertz CT molecular complexity index is 1350. The van der Waals surface area contributed by atoms with Crippen molar-refractivity contribution in [2.75, 3.05) is 11.4 Å². The first-order chi connectivity index (χ1) is 18.4. The number of benzene rings is 2. The molecule has 4 unspecified atom stereocenters. The molecule has 1 saturated carbocycles. The van der Waals surface area contributed by atoms with Crippen molar-refractivity contribution in [2.24, 2.45) is 5.92 Å². The van der Waals surface area contributed by atoms with E-state index in [-0.39, 0.29) is 0 Å². The average Bonchev–Trinajstić information content (AvgIpc) is 3.35. The standard InChI is InChI=1S/C35H40N2/c1-2-4-12-26(11-3-1)25-36-24-22-32-29(16-9-19-33(32)36)28-21-20-27(28)13-10-23-37-34-17-7-5-14-30(34)31-15-6-8-18-35(31)37/h5-9,11,14-19,22,24,27-28,30,34H,1-4,10,12-13,20-21,23,25H2. The molecular weight excluding hydrogens is 448 g/mol.